The Morgan fingerprint density at radius 2 is 2.44 bits per heavy atom. The zero-order chi connectivity index (χ0) is 6.69. The van der Waals surface area contributed by atoms with Crippen molar-refractivity contribution in [2.45, 2.75) is 31.1 Å². The molecule has 0 spiro atoms. The maximum Gasteiger partial charge on any atom is 0.00695 e. The number of nitrogens with one attached hydrogen (secondary N) is 1. The van der Waals surface area contributed by atoms with E-state index in [4.69, 9.17) is 0 Å². The van der Waals surface area contributed by atoms with Gasteiger partial charge in [0.25, 0.3) is 0 Å². The molecule has 0 aromatic heterocycles. The molecule has 2 unspecified atom stereocenters. The molecule has 0 radical (unpaired) electrons. The molecule has 54 valence electrons. The van der Waals surface area contributed by atoms with Crippen molar-refractivity contribution in [1.82, 2.24) is 5.32 Å². The molecule has 9 heavy (non-hydrogen) atoms. The second-order valence-corrected chi connectivity index (χ2v) is 4.12. The topological polar surface area (TPSA) is 12.0 Å². The summed E-state index contributed by atoms with van der Waals surface area (Å²) in [6, 6.07) is 0.711. The van der Waals surface area contributed by atoms with E-state index in [1.54, 1.807) is 0 Å². The first-order valence-electron chi connectivity index (χ1n) is 3.62. The molecule has 0 aromatic carbocycles. The van der Waals surface area contributed by atoms with Crippen LogP contribution in [0.5, 0.6) is 0 Å². The lowest BCUT2D eigenvalue weighted by Crippen LogP contribution is -2.28. The standard InChI is InChI=1S/C7H15NS/c1-6(8-2)5-7-3-4-9-7/h6-8H,3-5H2,1-2H3. The van der Waals surface area contributed by atoms with Crippen LogP contribution >= 0.6 is 11.8 Å². The minimum absolute atomic E-state index is 0.711. The lowest BCUT2D eigenvalue weighted by Gasteiger charge is -2.27. The summed E-state index contributed by atoms with van der Waals surface area (Å²) in [6.45, 7) is 2.25. The molecule has 0 aromatic rings. The monoisotopic (exact) mass is 145 g/mol. The van der Waals surface area contributed by atoms with E-state index in [0.717, 1.165) is 5.25 Å². The Hall–Kier alpha value is 0.310. The molecule has 1 fully saturated rings. The van der Waals surface area contributed by atoms with Crippen LogP contribution in [0.15, 0.2) is 0 Å². The Balaban J connectivity index is 2.01. The molecular formula is C7H15NS. The van der Waals surface area contributed by atoms with Crippen molar-refractivity contribution in [3.63, 3.8) is 0 Å². The molecule has 0 aliphatic carbocycles. The van der Waals surface area contributed by atoms with Crippen LogP contribution in [0, 0.1) is 0 Å². The molecular weight excluding hydrogens is 130 g/mol. The first-order valence-corrected chi connectivity index (χ1v) is 4.66. The molecule has 0 saturated carbocycles. The van der Waals surface area contributed by atoms with E-state index < -0.39 is 0 Å². The van der Waals surface area contributed by atoms with Crippen molar-refractivity contribution < 1.29 is 0 Å². The van der Waals surface area contributed by atoms with Crippen LogP contribution < -0.4 is 5.32 Å². The maximum absolute atomic E-state index is 3.25. The summed E-state index contributed by atoms with van der Waals surface area (Å²) in [5.74, 6) is 1.39. The Kier molecular flexibility index (Phi) is 2.86. The van der Waals surface area contributed by atoms with Crippen LogP contribution in [0.1, 0.15) is 19.8 Å². The second-order valence-electron chi connectivity index (χ2n) is 2.71. The van der Waals surface area contributed by atoms with E-state index >= 15 is 0 Å². The highest BCUT2D eigenvalue weighted by Gasteiger charge is 2.19. The van der Waals surface area contributed by atoms with Gasteiger partial charge in [0, 0.05) is 11.3 Å². The van der Waals surface area contributed by atoms with Crippen LogP contribution in [-0.2, 0) is 0 Å². The molecule has 1 aliphatic heterocycles. The Morgan fingerprint density at radius 3 is 2.78 bits per heavy atom. The van der Waals surface area contributed by atoms with Crippen LogP contribution in [-0.4, -0.2) is 24.1 Å². The fourth-order valence-electron chi connectivity index (χ4n) is 0.983. The molecule has 1 heterocycles. The summed E-state index contributed by atoms with van der Waals surface area (Å²) in [5.41, 5.74) is 0. The summed E-state index contributed by atoms with van der Waals surface area (Å²) in [7, 11) is 2.04. The number of thioether (sulfide) groups is 1. The summed E-state index contributed by atoms with van der Waals surface area (Å²) >= 11 is 2.11. The zero-order valence-electron chi connectivity index (χ0n) is 6.18. The highest BCUT2D eigenvalue weighted by molar-refractivity contribution is 8.01. The first-order chi connectivity index (χ1) is 4.33. The summed E-state index contributed by atoms with van der Waals surface area (Å²) in [4.78, 5) is 0. The van der Waals surface area contributed by atoms with Gasteiger partial charge in [-0.3, -0.25) is 0 Å². The maximum atomic E-state index is 3.25. The highest BCUT2D eigenvalue weighted by Crippen LogP contribution is 2.30. The van der Waals surface area contributed by atoms with Crippen LogP contribution in [0.2, 0.25) is 0 Å². The van der Waals surface area contributed by atoms with Gasteiger partial charge in [0.1, 0.15) is 0 Å². The summed E-state index contributed by atoms with van der Waals surface area (Å²) in [6.07, 6.45) is 2.79. The van der Waals surface area contributed by atoms with Gasteiger partial charge in [-0.15, -0.1) is 0 Å². The van der Waals surface area contributed by atoms with Crippen molar-refractivity contribution in [1.29, 1.82) is 0 Å². The van der Waals surface area contributed by atoms with E-state index in [1.165, 1.54) is 18.6 Å². The fraction of sp³-hybridized carbons (Fsp3) is 1.00. The molecule has 1 rings (SSSR count). The smallest absolute Gasteiger partial charge is 0.00695 e. The second kappa shape index (κ2) is 3.47. The van der Waals surface area contributed by atoms with E-state index in [0.29, 0.717) is 6.04 Å². The fourth-order valence-corrected chi connectivity index (χ4v) is 1.98. The summed E-state index contributed by atoms with van der Waals surface area (Å²) in [5, 5.41) is 4.22. The zero-order valence-corrected chi connectivity index (χ0v) is 7.00. The molecule has 1 saturated heterocycles. The Labute approximate surface area is 61.6 Å². The van der Waals surface area contributed by atoms with Gasteiger partial charge >= 0.3 is 0 Å². The molecule has 1 aliphatic rings. The predicted octanol–water partition coefficient (Wildman–Crippen LogP) is 1.49. The molecule has 0 amide bonds. The van der Waals surface area contributed by atoms with Crippen molar-refractivity contribution in [3.05, 3.63) is 0 Å². The predicted molar refractivity (Wildman–Crippen MR) is 44.0 cm³/mol. The van der Waals surface area contributed by atoms with Gasteiger partial charge < -0.3 is 5.32 Å². The Morgan fingerprint density at radius 1 is 1.78 bits per heavy atom. The van der Waals surface area contributed by atoms with Gasteiger partial charge in [-0.25, -0.2) is 0 Å². The average molecular weight is 145 g/mol. The third kappa shape index (κ3) is 2.18. The highest BCUT2D eigenvalue weighted by atomic mass is 32.2. The van der Waals surface area contributed by atoms with Gasteiger partial charge in [-0.05, 0) is 32.6 Å². The van der Waals surface area contributed by atoms with Crippen molar-refractivity contribution in [2.24, 2.45) is 0 Å². The third-order valence-corrected chi connectivity index (χ3v) is 3.27. The largest absolute Gasteiger partial charge is 0.317 e. The van der Waals surface area contributed by atoms with Gasteiger partial charge in [-0.1, -0.05) is 0 Å². The first kappa shape index (κ1) is 7.42. The van der Waals surface area contributed by atoms with Crippen molar-refractivity contribution >= 4 is 11.8 Å². The van der Waals surface area contributed by atoms with Crippen LogP contribution in [0.4, 0.5) is 0 Å². The Bertz CT molecular complexity index is 78.2. The molecule has 2 heteroatoms. The number of hydrogen-bond donors (Lipinski definition) is 1. The van der Waals surface area contributed by atoms with Gasteiger partial charge in [0.05, 0.1) is 0 Å². The van der Waals surface area contributed by atoms with E-state index in [9.17, 15) is 0 Å². The van der Waals surface area contributed by atoms with E-state index in [-0.39, 0.29) is 0 Å². The van der Waals surface area contributed by atoms with Gasteiger partial charge in [-0.2, -0.15) is 11.8 Å². The minimum Gasteiger partial charge on any atom is -0.317 e. The van der Waals surface area contributed by atoms with Crippen LogP contribution in [0.3, 0.4) is 0 Å². The van der Waals surface area contributed by atoms with E-state index in [1.807, 2.05) is 7.05 Å². The van der Waals surface area contributed by atoms with E-state index in [2.05, 4.69) is 24.0 Å². The summed E-state index contributed by atoms with van der Waals surface area (Å²) < 4.78 is 0. The van der Waals surface area contributed by atoms with Gasteiger partial charge in [0.15, 0.2) is 0 Å². The molecule has 0 bridgehead atoms. The number of hydrogen-bond acceptors (Lipinski definition) is 2. The van der Waals surface area contributed by atoms with Crippen molar-refractivity contribution in [2.75, 3.05) is 12.8 Å². The third-order valence-electron chi connectivity index (χ3n) is 1.90. The molecule has 1 N–H and O–H groups in total. The lowest BCUT2D eigenvalue weighted by atomic mass is 10.1. The number of rotatable bonds is 3. The molecule has 2 atom stereocenters. The van der Waals surface area contributed by atoms with Crippen LogP contribution in [0.25, 0.3) is 0 Å². The quantitative estimate of drug-likeness (QED) is 0.645. The lowest BCUT2D eigenvalue weighted by molar-refractivity contribution is 0.537. The van der Waals surface area contributed by atoms with Crippen molar-refractivity contribution in [3.8, 4) is 0 Å². The van der Waals surface area contributed by atoms with Gasteiger partial charge in [0.2, 0.25) is 0 Å². The SMILES string of the molecule is CNC(C)CC1CCS1. The minimum atomic E-state index is 0.711. The normalized spacial score (nSPS) is 29.3. The average Bonchev–Trinajstić information content (AvgIpc) is 1.78. The molecule has 1 nitrogen and oxygen atoms in total.